The number of benzene rings is 1. The number of anilines is 3. The first-order valence-electron chi connectivity index (χ1n) is 8.40. The summed E-state index contributed by atoms with van der Waals surface area (Å²) >= 11 is 0. The number of fused-ring (bicyclic) bond motifs is 1. The normalized spacial score (nSPS) is 14.8. The summed E-state index contributed by atoms with van der Waals surface area (Å²) in [5.41, 5.74) is 0.956. The van der Waals surface area contributed by atoms with Gasteiger partial charge in [0, 0.05) is 25.9 Å². The number of pyridine rings is 1. The van der Waals surface area contributed by atoms with Crippen molar-refractivity contribution in [2.75, 3.05) is 21.8 Å². The van der Waals surface area contributed by atoms with Gasteiger partial charge in [-0.3, -0.25) is 14.6 Å². The van der Waals surface area contributed by atoms with E-state index in [2.05, 4.69) is 22.1 Å². The van der Waals surface area contributed by atoms with Crippen LogP contribution in [0.3, 0.4) is 0 Å². The summed E-state index contributed by atoms with van der Waals surface area (Å²) in [4.78, 5) is 29.9. The minimum absolute atomic E-state index is 0.00686. The maximum Gasteiger partial charge on any atom is 0.276 e. The van der Waals surface area contributed by atoms with Crippen molar-refractivity contribution >= 4 is 35.6 Å². The molecule has 1 aliphatic heterocycles. The van der Waals surface area contributed by atoms with E-state index in [-0.39, 0.29) is 30.0 Å². The van der Waals surface area contributed by atoms with Crippen LogP contribution in [0.5, 0.6) is 0 Å². The van der Waals surface area contributed by atoms with Crippen LogP contribution < -0.4 is 15.2 Å². The number of rotatable bonds is 5. The zero-order chi connectivity index (χ0) is 20.3. The van der Waals surface area contributed by atoms with Gasteiger partial charge in [-0.15, -0.1) is 0 Å². The Bertz CT molecular complexity index is 977. The van der Waals surface area contributed by atoms with Gasteiger partial charge in [0.15, 0.2) is 5.82 Å². The maximum atomic E-state index is 13.8. The van der Waals surface area contributed by atoms with Crippen molar-refractivity contribution in [2.45, 2.75) is 13.3 Å². The zero-order valence-electron chi connectivity index (χ0n) is 15.0. The molecule has 2 amide bonds. The van der Waals surface area contributed by atoms with Crippen LogP contribution >= 0.6 is 0 Å². The number of allylic oxidation sites excluding steroid dienone is 1. The second-order valence-corrected chi connectivity index (χ2v) is 5.87. The van der Waals surface area contributed by atoms with Crippen molar-refractivity contribution in [3.05, 3.63) is 60.1 Å². The molecule has 1 aliphatic rings. The molecule has 0 radical (unpaired) electrons. The third-order valence-corrected chi connectivity index (χ3v) is 4.17. The molecule has 2 aromatic rings. The van der Waals surface area contributed by atoms with Crippen LogP contribution in [-0.4, -0.2) is 30.1 Å². The summed E-state index contributed by atoms with van der Waals surface area (Å²) in [6, 6.07) is 5.25. The Kier molecular flexibility index (Phi) is 5.44. The molecule has 9 heteroatoms. The van der Waals surface area contributed by atoms with E-state index >= 15 is 0 Å². The predicted molar refractivity (Wildman–Crippen MR) is 102 cm³/mol. The Balaban J connectivity index is 1.83. The molecule has 0 spiro atoms. The van der Waals surface area contributed by atoms with Crippen LogP contribution in [0.1, 0.15) is 13.3 Å². The van der Waals surface area contributed by atoms with Gasteiger partial charge in [0.2, 0.25) is 5.91 Å². The largest absolute Gasteiger partial charge is 0.323 e. The van der Waals surface area contributed by atoms with Gasteiger partial charge in [0.25, 0.3) is 5.91 Å². The Morgan fingerprint density at radius 1 is 1.32 bits per heavy atom. The highest BCUT2D eigenvalue weighted by Gasteiger charge is 2.33. The lowest BCUT2D eigenvalue weighted by molar-refractivity contribution is -0.116. The Morgan fingerprint density at radius 2 is 2.11 bits per heavy atom. The number of nitrogens with one attached hydrogen (secondary N) is 1. The summed E-state index contributed by atoms with van der Waals surface area (Å²) < 4.78 is 27.4. The smallest absolute Gasteiger partial charge is 0.276 e. The minimum atomic E-state index is -0.666. The van der Waals surface area contributed by atoms with Crippen molar-refractivity contribution in [1.82, 2.24) is 4.98 Å². The number of hydrazone groups is 1. The van der Waals surface area contributed by atoms with E-state index in [1.54, 1.807) is 13.0 Å². The summed E-state index contributed by atoms with van der Waals surface area (Å²) in [7, 11) is 0. The molecule has 0 saturated carbocycles. The van der Waals surface area contributed by atoms with Crippen LogP contribution in [0.2, 0.25) is 0 Å². The lowest BCUT2D eigenvalue weighted by Crippen LogP contribution is -2.43. The number of halogens is 2. The van der Waals surface area contributed by atoms with E-state index in [0.29, 0.717) is 5.69 Å². The molecule has 7 nitrogen and oxygen atoms in total. The van der Waals surface area contributed by atoms with Gasteiger partial charge in [0.1, 0.15) is 11.5 Å². The number of carbonyl (C=O) groups excluding carboxylic acids is 2. The van der Waals surface area contributed by atoms with Gasteiger partial charge in [-0.1, -0.05) is 6.08 Å². The summed E-state index contributed by atoms with van der Waals surface area (Å²) in [5.74, 6) is -2.15. The Morgan fingerprint density at radius 3 is 2.79 bits per heavy atom. The fourth-order valence-corrected chi connectivity index (χ4v) is 2.88. The number of hydrogen-bond acceptors (Lipinski definition) is 5. The quantitative estimate of drug-likeness (QED) is 0.634. The maximum absolute atomic E-state index is 13.8. The second kappa shape index (κ2) is 7.95. The van der Waals surface area contributed by atoms with E-state index < -0.39 is 23.4 Å². The molecule has 0 aliphatic carbocycles. The topological polar surface area (TPSA) is 77.9 Å². The first-order chi connectivity index (χ1) is 13.5. The van der Waals surface area contributed by atoms with Gasteiger partial charge in [-0.25, -0.2) is 13.8 Å². The van der Waals surface area contributed by atoms with E-state index in [1.807, 2.05) is 0 Å². The Hall–Kier alpha value is -3.62. The molecule has 144 valence electrons. The van der Waals surface area contributed by atoms with Crippen molar-refractivity contribution in [2.24, 2.45) is 5.10 Å². The van der Waals surface area contributed by atoms with Crippen LogP contribution in [0.4, 0.5) is 25.8 Å². The summed E-state index contributed by atoms with van der Waals surface area (Å²) in [6.07, 6.45) is 3.77. The molecule has 28 heavy (non-hydrogen) atoms. The molecule has 0 unspecified atom stereocenters. The van der Waals surface area contributed by atoms with Gasteiger partial charge in [-0.2, -0.15) is 5.10 Å². The molecule has 0 saturated heterocycles. The fourth-order valence-electron chi connectivity index (χ4n) is 2.88. The van der Waals surface area contributed by atoms with E-state index in [0.717, 1.165) is 6.20 Å². The number of nitrogens with zero attached hydrogens (tertiary/aromatic N) is 4. The molecule has 0 bridgehead atoms. The predicted octanol–water partition coefficient (Wildman–Crippen LogP) is 3.06. The molecule has 2 heterocycles. The molecule has 1 aromatic heterocycles. The van der Waals surface area contributed by atoms with Crippen molar-refractivity contribution in [1.29, 1.82) is 0 Å². The first-order valence-corrected chi connectivity index (χ1v) is 8.40. The highest BCUT2D eigenvalue weighted by atomic mass is 19.1. The lowest BCUT2D eigenvalue weighted by atomic mass is 10.1. The molecule has 1 aromatic carbocycles. The van der Waals surface area contributed by atoms with Gasteiger partial charge < -0.3 is 10.2 Å². The van der Waals surface area contributed by atoms with Gasteiger partial charge >= 0.3 is 0 Å². The lowest BCUT2D eigenvalue weighted by Gasteiger charge is -2.35. The third-order valence-electron chi connectivity index (χ3n) is 4.17. The molecular weight excluding hydrogens is 368 g/mol. The SMILES string of the molecule is C=NN1/C(=C\C)C(=O)N(CCC(=O)Nc2ccncc2F)c2cc(F)ccc21. The average molecular weight is 385 g/mol. The van der Waals surface area contributed by atoms with Gasteiger partial charge in [0.05, 0.1) is 23.3 Å². The highest BCUT2D eigenvalue weighted by molar-refractivity contribution is 6.13. The molecule has 0 fully saturated rings. The average Bonchev–Trinajstić information content (AvgIpc) is 2.68. The number of carbonyl (C=O) groups is 2. The highest BCUT2D eigenvalue weighted by Crippen LogP contribution is 2.38. The van der Waals surface area contributed by atoms with Gasteiger partial charge in [-0.05, 0) is 31.2 Å². The summed E-state index contributed by atoms with van der Waals surface area (Å²) in [5, 5.41) is 7.58. The van der Waals surface area contributed by atoms with E-state index in [4.69, 9.17) is 0 Å². The van der Waals surface area contributed by atoms with Crippen molar-refractivity contribution in [3.63, 3.8) is 0 Å². The fraction of sp³-hybridized carbons (Fsp3) is 0.158. The van der Waals surface area contributed by atoms with Crippen LogP contribution in [0.15, 0.2) is 53.5 Å². The van der Waals surface area contributed by atoms with Crippen LogP contribution in [0.25, 0.3) is 0 Å². The monoisotopic (exact) mass is 385 g/mol. The summed E-state index contributed by atoms with van der Waals surface area (Å²) in [6.45, 7) is 5.09. The number of amides is 2. The number of hydrogen-bond donors (Lipinski definition) is 1. The van der Waals surface area contributed by atoms with Crippen LogP contribution in [-0.2, 0) is 9.59 Å². The van der Waals surface area contributed by atoms with Crippen LogP contribution in [0, 0.1) is 11.6 Å². The Labute approximate surface area is 160 Å². The van der Waals surface area contributed by atoms with Crippen molar-refractivity contribution < 1.29 is 18.4 Å². The third kappa shape index (κ3) is 3.59. The number of aromatic nitrogens is 1. The molecule has 3 rings (SSSR count). The minimum Gasteiger partial charge on any atom is -0.323 e. The zero-order valence-corrected chi connectivity index (χ0v) is 15.0. The second-order valence-electron chi connectivity index (χ2n) is 5.87. The standard InChI is InChI=1S/C19H17F2N5O2/c1-3-15-19(28)25(17-10-12(20)4-5-16(17)26(15)22-2)9-7-18(27)24-14-6-8-23-11-13(14)21/h3-6,8,10-11H,2,7,9H2,1H3,(H,23,24,27)/b15-3-. The first kappa shape index (κ1) is 19.2. The molecule has 1 N–H and O–H groups in total. The molecule has 0 atom stereocenters. The molecular formula is C19H17F2N5O2. The van der Waals surface area contributed by atoms with E-state index in [9.17, 15) is 18.4 Å². The van der Waals surface area contributed by atoms with E-state index in [1.165, 1.54) is 40.4 Å². The van der Waals surface area contributed by atoms with Crippen molar-refractivity contribution in [3.8, 4) is 0 Å².